The second-order valence-electron chi connectivity index (χ2n) is 7.50. The first kappa shape index (κ1) is 18.7. The zero-order valence-corrected chi connectivity index (χ0v) is 17.2. The van der Waals surface area contributed by atoms with Gasteiger partial charge in [-0.3, -0.25) is 9.59 Å². The molecule has 0 aromatic carbocycles. The summed E-state index contributed by atoms with van der Waals surface area (Å²) in [6.45, 7) is 2.38. The fourth-order valence-electron chi connectivity index (χ4n) is 4.01. The summed E-state index contributed by atoms with van der Waals surface area (Å²) in [7, 11) is 0. The van der Waals surface area contributed by atoms with Crippen molar-refractivity contribution in [2.24, 2.45) is 5.92 Å². The molecule has 4 rings (SSSR count). The summed E-state index contributed by atoms with van der Waals surface area (Å²) in [5.74, 6) is 0.351. The van der Waals surface area contributed by atoms with Crippen LogP contribution in [0.15, 0.2) is 23.6 Å². The van der Waals surface area contributed by atoms with E-state index < -0.39 is 0 Å². The van der Waals surface area contributed by atoms with Gasteiger partial charge in [0.05, 0.1) is 11.4 Å². The zero-order chi connectivity index (χ0) is 18.6. The molecule has 1 N–H and O–H groups in total. The molecule has 2 amide bonds. The van der Waals surface area contributed by atoms with E-state index in [4.69, 9.17) is 0 Å². The quantitative estimate of drug-likeness (QED) is 0.831. The van der Waals surface area contributed by atoms with Gasteiger partial charge in [-0.15, -0.1) is 22.7 Å². The Balaban J connectivity index is 1.38. The molecule has 0 radical (unpaired) electrons. The molecule has 144 valence electrons. The Labute approximate surface area is 168 Å². The maximum atomic E-state index is 12.9. The van der Waals surface area contributed by atoms with Crippen molar-refractivity contribution in [3.63, 3.8) is 0 Å². The lowest BCUT2D eigenvalue weighted by Crippen LogP contribution is -2.33. The van der Waals surface area contributed by atoms with E-state index in [0.29, 0.717) is 6.54 Å². The minimum absolute atomic E-state index is 0.0215. The van der Waals surface area contributed by atoms with Crippen LogP contribution in [-0.4, -0.2) is 29.8 Å². The number of thiophene rings is 2. The van der Waals surface area contributed by atoms with Crippen LogP contribution >= 0.6 is 22.7 Å². The van der Waals surface area contributed by atoms with E-state index in [9.17, 15) is 9.59 Å². The Bertz CT molecular complexity index is 789. The molecule has 0 saturated carbocycles. The van der Waals surface area contributed by atoms with Gasteiger partial charge >= 0.3 is 0 Å². The average molecular weight is 403 g/mol. The average Bonchev–Trinajstić information content (AvgIpc) is 3.28. The first-order valence-electron chi connectivity index (χ1n) is 9.91. The largest absolute Gasteiger partial charge is 0.351 e. The lowest BCUT2D eigenvalue weighted by Gasteiger charge is -2.21. The van der Waals surface area contributed by atoms with E-state index in [1.807, 2.05) is 22.4 Å². The monoisotopic (exact) mass is 402 g/mol. The van der Waals surface area contributed by atoms with Crippen LogP contribution in [0.3, 0.4) is 0 Å². The number of likely N-dealkylation sites (tertiary alicyclic amines) is 1. The molecule has 1 fully saturated rings. The van der Waals surface area contributed by atoms with Gasteiger partial charge in [-0.25, -0.2) is 0 Å². The molecular formula is C21H26N2O2S2. The molecule has 3 heterocycles. The number of carbonyl (C=O) groups excluding carboxylic acids is 2. The minimum atomic E-state index is 0.0215. The maximum absolute atomic E-state index is 12.9. The summed E-state index contributed by atoms with van der Waals surface area (Å²) in [5.41, 5.74) is 1.21. The Kier molecular flexibility index (Phi) is 5.93. The number of fused-ring (bicyclic) bond motifs is 1. The third-order valence-corrected chi connectivity index (χ3v) is 7.68. The Hall–Kier alpha value is -1.66. The van der Waals surface area contributed by atoms with Gasteiger partial charge in [0.2, 0.25) is 5.91 Å². The molecule has 0 bridgehead atoms. The lowest BCUT2D eigenvalue weighted by molar-refractivity contribution is -0.125. The Morgan fingerprint density at radius 2 is 2.00 bits per heavy atom. The summed E-state index contributed by atoms with van der Waals surface area (Å²) < 4.78 is 0. The third kappa shape index (κ3) is 4.43. The fraction of sp³-hybridized carbons (Fsp3) is 0.524. The van der Waals surface area contributed by atoms with E-state index in [2.05, 4.69) is 11.4 Å². The van der Waals surface area contributed by atoms with Gasteiger partial charge < -0.3 is 10.2 Å². The number of carbonyl (C=O) groups is 2. The van der Waals surface area contributed by atoms with Gasteiger partial charge in [0, 0.05) is 28.8 Å². The highest BCUT2D eigenvalue weighted by atomic mass is 32.1. The standard InChI is InChI=1S/C21H26N2O2S2/c24-20(22-14-17-6-5-11-26-17)15-7-8-18-16(12-15)13-19(27-18)21(25)23-9-3-1-2-4-10-23/h5-6,11,13,15H,1-4,7-10,12,14H2,(H,22,24)/t15-/m1/s1. The fourth-order valence-corrected chi connectivity index (χ4v) is 5.84. The van der Waals surface area contributed by atoms with Crippen molar-refractivity contribution in [3.8, 4) is 0 Å². The summed E-state index contributed by atoms with van der Waals surface area (Å²) in [5, 5.41) is 5.10. The van der Waals surface area contributed by atoms with Crippen molar-refractivity contribution in [2.45, 2.75) is 51.5 Å². The van der Waals surface area contributed by atoms with Crippen LogP contribution in [0.4, 0.5) is 0 Å². The van der Waals surface area contributed by atoms with Crippen molar-refractivity contribution in [2.75, 3.05) is 13.1 Å². The minimum Gasteiger partial charge on any atom is -0.351 e. The van der Waals surface area contributed by atoms with Crippen LogP contribution < -0.4 is 5.32 Å². The number of aryl methyl sites for hydroxylation is 1. The van der Waals surface area contributed by atoms with E-state index >= 15 is 0 Å². The van der Waals surface area contributed by atoms with Crippen molar-refractivity contribution in [1.29, 1.82) is 0 Å². The van der Waals surface area contributed by atoms with Crippen molar-refractivity contribution in [1.82, 2.24) is 10.2 Å². The van der Waals surface area contributed by atoms with E-state index in [0.717, 1.165) is 50.1 Å². The number of hydrogen-bond acceptors (Lipinski definition) is 4. The molecule has 0 unspecified atom stereocenters. The first-order valence-corrected chi connectivity index (χ1v) is 11.6. The Morgan fingerprint density at radius 3 is 2.74 bits per heavy atom. The second kappa shape index (κ2) is 8.57. The van der Waals surface area contributed by atoms with E-state index in [1.54, 1.807) is 22.7 Å². The van der Waals surface area contributed by atoms with Crippen LogP contribution in [0.1, 0.15) is 57.1 Å². The number of rotatable bonds is 4. The van der Waals surface area contributed by atoms with Crippen LogP contribution in [0.2, 0.25) is 0 Å². The van der Waals surface area contributed by atoms with Gasteiger partial charge in [-0.1, -0.05) is 18.9 Å². The number of amides is 2. The highest BCUT2D eigenvalue weighted by Crippen LogP contribution is 2.33. The molecule has 1 saturated heterocycles. The molecule has 1 atom stereocenters. The molecule has 4 nitrogen and oxygen atoms in total. The summed E-state index contributed by atoms with van der Waals surface area (Å²) in [6, 6.07) is 6.11. The number of nitrogens with zero attached hydrogens (tertiary/aromatic N) is 1. The Morgan fingerprint density at radius 1 is 1.19 bits per heavy atom. The lowest BCUT2D eigenvalue weighted by atomic mass is 9.87. The van der Waals surface area contributed by atoms with Crippen LogP contribution in [0, 0.1) is 5.92 Å². The molecule has 2 aliphatic rings. The number of hydrogen-bond donors (Lipinski definition) is 1. The molecule has 6 heteroatoms. The van der Waals surface area contributed by atoms with Crippen LogP contribution in [0.5, 0.6) is 0 Å². The highest BCUT2D eigenvalue weighted by molar-refractivity contribution is 7.14. The van der Waals surface area contributed by atoms with Gasteiger partial charge in [-0.2, -0.15) is 0 Å². The van der Waals surface area contributed by atoms with Crippen molar-refractivity contribution >= 4 is 34.5 Å². The van der Waals surface area contributed by atoms with E-state index in [-0.39, 0.29) is 17.7 Å². The second-order valence-corrected chi connectivity index (χ2v) is 9.67. The highest BCUT2D eigenvalue weighted by Gasteiger charge is 2.28. The third-order valence-electron chi connectivity index (χ3n) is 5.57. The zero-order valence-electron chi connectivity index (χ0n) is 15.5. The maximum Gasteiger partial charge on any atom is 0.263 e. The smallest absolute Gasteiger partial charge is 0.263 e. The predicted octanol–water partition coefficient (Wildman–Crippen LogP) is 4.25. The molecule has 1 aliphatic heterocycles. The van der Waals surface area contributed by atoms with Gasteiger partial charge in [0.25, 0.3) is 5.91 Å². The van der Waals surface area contributed by atoms with Crippen molar-refractivity contribution in [3.05, 3.63) is 43.8 Å². The summed E-state index contributed by atoms with van der Waals surface area (Å²) >= 11 is 3.31. The van der Waals surface area contributed by atoms with E-state index in [1.165, 1.54) is 28.2 Å². The van der Waals surface area contributed by atoms with Gasteiger partial charge in [0.1, 0.15) is 0 Å². The first-order chi connectivity index (χ1) is 13.2. The van der Waals surface area contributed by atoms with Gasteiger partial charge in [-0.05, 0) is 55.2 Å². The number of nitrogens with one attached hydrogen (secondary N) is 1. The topological polar surface area (TPSA) is 49.4 Å². The summed E-state index contributed by atoms with van der Waals surface area (Å²) in [4.78, 5) is 30.8. The molecule has 2 aromatic rings. The normalized spacial score (nSPS) is 20.0. The summed E-state index contributed by atoms with van der Waals surface area (Å²) in [6.07, 6.45) is 7.23. The predicted molar refractivity (Wildman–Crippen MR) is 110 cm³/mol. The molecule has 27 heavy (non-hydrogen) atoms. The van der Waals surface area contributed by atoms with Crippen LogP contribution in [-0.2, 0) is 24.2 Å². The van der Waals surface area contributed by atoms with Crippen LogP contribution in [0.25, 0.3) is 0 Å². The molecule has 1 aliphatic carbocycles. The molecule has 0 spiro atoms. The molecule has 2 aromatic heterocycles. The molecular weight excluding hydrogens is 376 g/mol. The SMILES string of the molecule is O=C(NCc1cccs1)[C@@H]1CCc2sc(C(=O)N3CCCCCC3)cc2C1. The van der Waals surface area contributed by atoms with Crippen molar-refractivity contribution < 1.29 is 9.59 Å². The van der Waals surface area contributed by atoms with Gasteiger partial charge in [0.15, 0.2) is 0 Å².